The third-order valence-electron chi connectivity index (χ3n) is 4.90. The van der Waals surface area contributed by atoms with Gasteiger partial charge in [0, 0.05) is 12.8 Å². The number of likely N-dealkylation sites (tertiary alicyclic amines) is 1. The summed E-state index contributed by atoms with van der Waals surface area (Å²) in [6.07, 6.45) is 1.92. The van der Waals surface area contributed by atoms with Crippen molar-refractivity contribution in [3.63, 3.8) is 0 Å². The van der Waals surface area contributed by atoms with Crippen molar-refractivity contribution in [2.75, 3.05) is 27.2 Å². The maximum atomic E-state index is 12.9. The van der Waals surface area contributed by atoms with Gasteiger partial charge in [0.1, 0.15) is 12.0 Å². The number of quaternary nitrogens is 1. The van der Waals surface area contributed by atoms with Gasteiger partial charge in [-0.15, -0.1) is 0 Å². The van der Waals surface area contributed by atoms with Crippen molar-refractivity contribution in [1.29, 1.82) is 0 Å². The average Bonchev–Trinajstić information content (AvgIpc) is 2.59. The highest BCUT2D eigenvalue weighted by Gasteiger charge is 2.31. The second kappa shape index (κ2) is 8.81. The van der Waals surface area contributed by atoms with Crippen LogP contribution in [-0.4, -0.2) is 43.7 Å². The predicted octanol–water partition coefficient (Wildman–Crippen LogP) is 0.605. The maximum absolute atomic E-state index is 12.9. The lowest BCUT2D eigenvalue weighted by molar-refractivity contribution is -0.896. The molecule has 25 heavy (non-hydrogen) atoms. The van der Waals surface area contributed by atoms with Crippen LogP contribution in [0.5, 0.6) is 0 Å². The first kappa shape index (κ1) is 19.9. The molecule has 0 atom stereocenters. The molecule has 0 amide bonds. The topological polar surface area (TPSA) is 26.3 Å². The van der Waals surface area contributed by atoms with E-state index in [1.165, 1.54) is 0 Å². The number of esters is 1. The highest BCUT2D eigenvalue weighted by atomic mass is 127. The summed E-state index contributed by atoms with van der Waals surface area (Å²) in [5.74, 6) is -0.485. The fourth-order valence-electron chi connectivity index (χ4n) is 3.35. The monoisotopic (exact) mass is 451 g/mol. The van der Waals surface area contributed by atoms with E-state index in [1.54, 1.807) is 0 Å². The standard InChI is InChI=1S/C21H26NO2.HI/c1-22(2)15-13-19(14-16-22)24-21(23)20(17-9-5-3-6-10-17)18-11-7-4-8-12-18;/h3-12,19-20H,13-16H2,1-2H3;1H/q+1;/p-1. The van der Waals surface area contributed by atoms with E-state index in [0.29, 0.717) is 0 Å². The van der Waals surface area contributed by atoms with Crippen molar-refractivity contribution in [3.05, 3.63) is 71.8 Å². The van der Waals surface area contributed by atoms with Gasteiger partial charge in [-0.1, -0.05) is 60.7 Å². The third-order valence-corrected chi connectivity index (χ3v) is 4.90. The van der Waals surface area contributed by atoms with Crippen LogP contribution in [0.25, 0.3) is 0 Å². The van der Waals surface area contributed by atoms with E-state index in [0.717, 1.165) is 41.5 Å². The van der Waals surface area contributed by atoms with Gasteiger partial charge in [-0.05, 0) is 11.1 Å². The zero-order valence-corrected chi connectivity index (χ0v) is 17.1. The molecule has 3 rings (SSSR count). The van der Waals surface area contributed by atoms with Gasteiger partial charge in [0.15, 0.2) is 0 Å². The molecule has 0 saturated carbocycles. The normalized spacial score (nSPS) is 16.9. The number of rotatable bonds is 4. The summed E-state index contributed by atoms with van der Waals surface area (Å²) < 4.78 is 6.92. The largest absolute Gasteiger partial charge is 1.00 e. The lowest BCUT2D eigenvalue weighted by Crippen LogP contribution is -3.00. The molecule has 2 aromatic carbocycles. The molecule has 4 heteroatoms. The molecule has 0 radical (unpaired) electrons. The molecular weight excluding hydrogens is 425 g/mol. The third kappa shape index (κ3) is 5.28. The smallest absolute Gasteiger partial charge is 0.318 e. The van der Waals surface area contributed by atoms with Crippen molar-refractivity contribution in [1.82, 2.24) is 0 Å². The molecular formula is C21H26INO2. The Labute approximate surface area is 167 Å². The van der Waals surface area contributed by atoms with E-state index in [9.17, 15) is 4.79 Å². The summed E-state index contributed by atoms with van der Waals surface area (Å²) in [6, 6.07) is 19.8. The fraction of sp³-hybridized carbons (Fsp3) is 0.381. The van der Waals surface area contributed by atoms with Crippen LogP contribution in [0.3, 0.4) is 0 Å². The maximum Gasteiger partial charge on any atom is 0.318 e. The molecule has 0 N–H and O–H groups in total. The summed E-state index contributed by atoms with van der Waals surface area (Å²) in [6.45, 7) is 2.11. The lowest BCUT2D eigenvalue weighted by Gasteiger charge is -2.37. The van der Waals surface area contributed by atoms with E-state index in [-0.39, 0.29) is 42.0 Å². The fourth-order valence-corrected chi connectivity index (χ4v) is 3.35. The van der Waals surface area contributed by atoms with Crippen LogP contribution in [0.1, 0.15) is 29.9 Å². The number of benzene rings is 2. The van der Waals surface area contributed by atoms with E-state index in [1.807, 2.05) is 60.7 Å². The Bertz CT molecular complexity index is 623. The molecule has 0 aliphatic carbocycles. The molecule has 1 heterocycles. The number of piperidine rings is 1. The molecule has 1 saturated heterocycles. The first-order chi connectivity index (χ1) is 11.6. The first-order valence-electron chi connectivity index (χ1n) is 8.67. The number of halogens is 1. The van der Waals surface area contributed by atoms with Gasteiger partial charge in [0.2, 0.25) is 0 Å². The van der Waals surface area contributed by atoms with Crippen LogP contribution in [0, 0.1) is 0 Å². The second-order valence-electron chi connectivity index (χ2n) is 7.27. The van der Waals surface area contributed by atoms with Crippen LogP contribution in [0.4, 0.5) is 0 Å². The van der Waals surface area contributed by atoms with Gasteiger partial charge < -0.3 is 33.2 Å². The summed E-state index contributed by atoms with van der Waals surface area (Å²) >= 11 is 0. The molecule has 1 aliphatic rings. The highest BCUT2D eigenvalue weighted by Crippen LogP contribution is 2.28. The summed E-state index contributed by atoms with van der Waals surface area (Å²) in [5, 5.41) is 0. The Balaban J connectivity index is 0.00000225. The zero-order chi connectivity index (χ0) is 17.0. The van der Waals surface area contributed by atoms with E-state index >= 15 is 0 Å². The molecule has 0 spiro atoms. The average molecular weight is 451 g/mol. The van der Waals surface area contributed by atoms with Gasteiger partial charge in [-0.25, -0.2) is 0 Å². The van der Waals surface area contributed by atoms with Gasteiger partial charge in [0.25, 0.3) is 0 Å². The van der Waals surface area contributed by atoms with E-state index in [4.69, 9.17) is 4.74 Å². The Morgan fingerprint density at radius 1 is 0.920 bits per heavy atom. The Kier molecular flexibility index (Phi) is 7.02. The summed E-state index contributed by atoms with van der Waals surface area (Å²) in [5.41, 5.74) is 1.97. The molecule has 3 nitrogen and oxygen atoms in total. The van der Waals surface area contributed by atoms with Gasteiger partial charge in [-0.3, -0.25) is 4.79 Å². The van der Waals surface area contributed by atoms with Crippen molar-refractivity contribution < 1.29 is 38.0 Å². The molecule has 2 aromatic rings. The van der Waals surface area contributed by atoms with E-state index in [2.05, 4.69) is 14.1 Å². The molecule has 0 unspecified atom stereocenters. The Hall–Kier alpha value is -1.40. The molecule has 0 bridgehead atoms. The van der Waals surface area contributed by atoms with Crippen LogP contribution < -0.4 is 24.0 Å². The minimum Gasteiger partial charge on any atom is -1.00 e. The SMILES string of the molecule is C[N+]1(C)CCC(OC(=O)C(c2ccccc2)c2ccccc2)CC1.[I-]. The zero-order valence-electron chi connectivity index (χ0n) is 14.9. The van der Waals surface area contributed by atoms with Crippen molar-refractivity contribution >= 4 is 5.97 Å². The first-order valence-corrected chi connectivity index (χ1v) is 8.67. The number of carbonyl (C=O) groups excluding carboxylic acids is 1. The van der Waals surface area contributed by atoms with Gasteiger partial charge in [-0.2, -0.15) is 0 Å². The van der Waals surface area contributed by atoms with Gasteiger partial charge in [0.05, 0.1) is 27.2 Å². The Morgan fingerprint density at radius 2 is 1.36 bits per heavy atom. The number of hydrogen-bond acceptors (Lipinski definition) is 2. The Morgan fingerprint density at radius 3 is 1.80 bits per heavy atom. The molecule has 1 aliphatic heterocycles. The minimum absolute atomic E-state index is 0. The number of nitrogens with zero attached hydrogens (tertiary/aromatic N) is 1. The number of hydrogen-bond donors (Lipinski definition) is 0. The summed E-state index contributed by atoms with van der Waals surface area (Å²) in [4.78, 5) is 12.9. The van der Waals surface area contributed by atoms with Crippen LogP contribution in [-0.2, 0) is 9.53 Å². The summed E-state index contributed by atoms with van der Waals surface area (Å²) in [7, 11) is 4.46. The number of ether oxygens (including phenoxy) is 1. The highest BCUT2D eigenvalue weighted by molar-refractivity contribution is 5.82. The quantitative estimate of drug-likeness (QED) is 0.387. The lowest BCUT2D eigenvalue weighted by atomic mass is 9.91. The molecule has 0 aromatic heterocycles. The van der Waals surface area contributed by atoms with Crippen LogP contribution >= 0.6 is 0 Å². The van der Waals surface area contributed by atoms with Crippen molar-refractivity contribution in [2.45, 2.75) is 24.9 Å². The second-order valence-corrected chi connectivity index (χ2v) is 7.27. The predicted molar refractivity (Wildman–Crippen MR) is 95.7 cm³/mol. The van der Waals surface area contributed by atoms with Gasteiger partial charge >= 0.3 is 5.97 Å². The van der Waals surface area contributed by atoms with Crippen LogP contribution in [0.15, 0.2) is 60.7 Å². The molecule has 134 valence electrons. The minimum atomic E-state index is -0.350. The van der Waals surface area contributed by atoms with Crippen LogP contribution in [0.2, 0.25) is 0 Å². The van der Waals surface area contributed by atoms with Crippen molar-refractivity contribution in [2.24, 2.45) is 0 Å². The number of carbonyl (C=O) groups is 1. The van der Waals surface area contributed by atoms with Crippen molar-refractivity contribution in [3.8, 4) is 0 Å². The molecule has 1 fully saturated rings. The van der Waals surface area contributed by atoms with E-state index < -0.39 is 0 Å².